The minimum atomic E-state index is -1.10. The van der Waals surface area contributed by atoms with E-state index in [1.54, 1.807) is 0 Å². The van der Waals surface area contributed by atoms with Gasteiger partial charge in [-0.15, -0.1) is 10.2 Å². The second-order valence-electron chi connectivity index (χ2n) is 2.84. The van der Waals surface area contributed by atoms with E-state index in [2.05, 4.69) is 10.2 Å². The Morgan fingerprint density at radius 2 is 2.29 bits per heavy atom. The Kier molecular flexibility index (Phi) is 2.28. The Morgan fingerprint density at radius 3 is 2.71 bits per heavy atom. The van der Waals surface area contributed by atoms with E-state index >= 15 is 0 Å². The minimum absolute atomic E-state index is 0.0139. The maximum atomic E-state index is 10.4. The zero-order valence-corrected chi connectivity index (χ0v) is 7.21. The first kappa shape index (κ1) is 8.89. The molecule has 0 bridgehead atoms. The summed E-state index contributed by atoms with van der Waals surface area (Å²) >= 11 is 0. The maximum Gasteiger partial charge on any atom is 0.356 e. The maximum absolute atomic E-state index is 10.4. The Morgan fingerprint density at radius 1 is 1.50 bits per heavy atom. The molecule has 2 heterocycles. The van der Waals surface area contributed by atoms with Crippen LogP contribution >= 0.6 is 0 Å². The second-order valence-corrected chi connectivity index (χ2v) is 2.84. The number of aromatic carboxylic acids is 1. The summed E-state index contributed by atoms with van der Waals surface area (Å²) in [5.41, 5.74) is -0.0952. The fourth-order valence-corrected chi connectivity index (χ4v) is 0.950. The number of nitrogens with zero attached hydrogens (tertiary/aromatic N) is 2. The van der Waals surface area contributed by atoms with Gasteiger partial charge in [-0.05, 0) is 6.07 Å². The van der Waals surface area contributed by atoms with Crippen LogP contribution < -0.4 is 4.74 Å². The number of hydrogen-bond donors (Lipinski definition) is 1. The van der Waals surface area contributed by atoms with E-state index < -0.39 is 5.97 Å². The van der Waals surface area contributed by atoms with Gasteiger partial charge in [0.2, 0.25) is 5.88 Å². The molecule has 0 saturated carbocycles. The molecule has 1 aromatic heterocycles. The Hall–Kier alpha value is -1.69. The van der Waals surface area contributed by atoms with Crippen LogP contribution in [0.4, 0.5) is 0 Å². The lowest BCUT2D eigenvalue weighted by atomic mass is 10.3. The third-order valence-corrected chi connectivity index (χ3v) is 1.75. The largest absolute Gasteiger partial charge is 0.476 e. The van der Waals surface area contributed by atoms with Gasteiger partial charge in [0.1, 0.15) is 6.10 Å². The molecule has 0 radical (unpaired) electrons. The molecule has 1 aromatic rings. The van der Waals surface area contributed by atoms with Gasteiger partial charge in [-0.2, -0.15) is 0 Å². The number of hydrogen-bond acceptors (Lipinski definition) is 5. The number of carboxylic acid groups (broad SMARTS) is 1. The topological polar surface area (TPSA) is 81.5 Å². The van der Waals surface area contributed by atoms with Gasteiger partial charge in [0.15, 0.2) is 5.69 Å². The van der Waals surface area contributed by atoms with E-state index in [1.165, 1.54) is 12.1 Å². The summed E-state index contributed by atoms with van der Waals surface area (Å²) in [5, 5.41) is 15.6. The van der Waals surface area contributed by atoms with Crippen LogP contribution in [0.15, 0.2) is 12.1 Å². The zero-order valence-electron chi connectivity index (χ0n) is 7.21. The highest BCUT2D eigenvalue weighted by Crippen LogP contribution is 2.11. The summed E-state index contributed by atoms with van der Waals surface area (Å²) in [4.78, 5) is 10.4. The lowest BCUT2D eigenvalue weighted by Crippen LogP contribution is -2.38. The number of carbonyl (C=O) groups is 1. The van der Waals surface area contributed by atoms with Gasteiger partial charge in [0.25, 0.3) is 0 Å². The van der Waals surface area contributed by atoms with Crippen molar-refractivity contribution >= 4 is 5.97 Å². The molecule has 2 rings (SSSR count). The molecule has 0 spiro atoms. The Labute approximate surface area is 79.5 Å². The average Bonchev–Trinajstić information content (AvgIpc) is 2.12. The van der Waals surface area contributed by atoms with Crippen LogP contribution in [0.25, 0.3) is 0 Å². The molecule has 1 fully saturated rings. The number of aromatic nitrogens is 2. The van der Waals surface area contributed by atoms with Crippen molar-refractivity contribution < 1.29 is 19.4 Å². The standard InChI is InChI=1S/C8H8N2O4/c11-8(12)6-1-2-7(10-9-6)14-5-3-13-4-5/h1-2,5H,3-4H2,(H,11,12). The van der Waals surface area contributed by atoms with Crippen LogP contribution in [0.5, 0.6) is 5.88 Å². The molecular formula is C8H8N2O4. The van der Waals surface area contributed by atoms with Crippen molar-refractivity contribution in [1.82, 2.24) is 10.2 Å². The summed E-state index contributed by atoms with van der Waals surface area (Å²) in [5.74, 6) is -0.778. The van der Waals surface area contributed by atoms with Crippen molar-refractivity contribution in [1.29, 1.82) is 0 Å². The molecule has 6 nitrogen and oxygen atoms in total. The quantitative estimate of drug-likeness (QED) is 0.730. The molecular weight excluding hydrogens is 188 g/mol. The minimum Gasteiger partial charge on any atom is -0.476 e. The number of carboxylic acids is 1. The smallest absolute Gasteiger partial charge is 0.356 e. The Balaban J connectivity index is 2.01. The molecule has 0 aromatic carbocycles. The molecule has 14 heavy (non-hydrogen) atoms. The summed E-state index contributed by atoms with van der Waals surface area (Å²) in [6.45, 7) is 1.09. The van der Waals surface area contributed by atoms with Crippen molar-refractivity contribution in [3.05, 3.63) is 17.8 Å². The summed E-state index contributed by atoms with van der Waals surface area (Å²) in [6, 6.07) is 2.83. The highest BCUT2D eigenvalue weighted by Gasteiger charge is 2.20. The van der Waals surface area contributed by atoms with Gasteiger partial charge >= 0.3 is 5.97 Å². The molecule has 0 aliphatic carbocycles. The molecule has 1 N–H and O–H groups in total. The van der Waals surface area contributed by atoms with Crippen LogP contribution in [0.1, 0.15) is 10.5 Å². The SMILES string of the molecule is O=C(O)c1ccc(OC2COC2)nn1. The average molecular weight is 196 g/mol. The van der Waals surface area contributed by atoms with E-state index in [1.807, 2.05) is 0 Å². The number of ether oxygens (including phenoxy) is 2. The van der Waals surface area contributed by atoms with Crippen LogP contribution in [-0.4, -0.2) is 40.6 Å². The summed E-state index contributed by atoms with van der Waals surface area (Å²) in [6.07, 6.45) is 0.0139. The molecule has 1 saturated heterocycles. The zero-order chi connectivity index (χ0) is 9.97. The normalized spacial score (nSPS) is 16.0. The first-order chi connectivity index (χ1) is 6.75. The van der Waals surface area contributed by atoms with Crippen LogP contribution in [-0.2, 0) is 4.74 Å². The van der Waals surface area contributed by atoms with Crippen molar-refractivity contribution in [3.63, 3.8) is 0 Å². The van der Waals surface area contributed by atoms with Gasteiger partial charge in [-0.3, -0.25) is 0 Å². The van der Waals surface area contributed by atoms with Crippen LogP contribution in [0.2, 0.25) is 0 Å². The van der Waals surface area contributed by atoms with Gasteiger partial charge in [-0.1, -0.05) is 0 Å². The summed E-state index contributed by atoms with van der Waals surface area (Å²) in [7, 11) is 0. The highest BCUT2D eigenvalue weighted by atomic mass is 16.6. The fourth-order valence-electron chi connectivity index (χ4n) is 0.950. The number of rotatable bonds is 3. The second kappa shape index (κ2) is 3.59. The molecule has 0 amide bonds. The van der Waals surface area contributed by atoms with E-state index in [0.29, 0.717) is 19.1 Å². The fraction of sp³-hybridized carbons (Fsp3) is 0.375. The monoisotopic (exact) mass is 196 g/mol. The lowest BCUT2D eigenvalue weighted by Gasteiger charge is -2.25. The first-order valence-electron chi connectivity index (χ1n) is 4.07. The van der Waals surface area contributed by atoms with E-state index in [9.17, 15) is 4.79 Å². The molecule has 0 atom stereocenters. The third-order valence-electron chi connectivity index (χ3n) is 1.75. The van der Waals surface area contributed by atoms with Crippen LogP contribution in [0.3, 0.4) is 0 Å². The molecule has 1 aliphatic heterocycles. The van der Waals surface area contributed by atoms with E-state index in [4.69, 9.17) is 14.6 Å². The van der Waals surface area contributed by atoms with Crippen molar-refractivity contribution in [2.75, 3.05) is 13.2 Å². The van der Waals surface area contributed by atoms with Gasteiger partial charge in [-0.25, -0.2) is 4.79 Å². The molecule has 74 valence electrons. The van der Waals surface area contributed by atoms with E-state index in [-0.39, 0.29) is 11.8 Å². The van der Waals surface area contributed by atoms with Crippen molar-refractivity contribution in [2.24, 2.45) is 0 Å². The molecule has 6 heteroatoms. The predicted molar refractivity (Wildman–Crippen MR) is 44.2 cm³/mol. The van der Waals surface area contributed by atoms with Gasteiger partial charge < -0.3 is 14.6 Å². The first-order valence-corrected chi connectivity index (χ1v) is 4.07. The van der Waals surface area contributed by atoms with Crippen molar-refractivity contribution in [3.8, 4) is 5.88 Å². The van der Waals surface area contributed by atoms with E-state index in [0.717, 1.165) is 0 Å². The predicted octanol–water partition coefficient (Wildman–Crippen LogP) is -0.0476. The Bertz CT molecular complexity index is 334. The van der Waals surface area contributed by atoms with Crippen molar-refractivity contribution in [2.45, 2.75) is 6.10 Å². The van der Waals surface area contributed by atoms with Gasteiger partial charge in [0.05, 0.1) is 13.2 Å². The molecule has 1 aliphatic rings. The summed E-state index contributed by atoms with van der Waals surface area (Å²) < 4.78 is 10.2. The van der Waals surface area contributed by atoms with Gasteiger partial charge in [0, 0.05) is 6.07 Å². The lowest BCUT2D eigenvalue weighted by molar-refractivity contribution is -0.0816. The highest BCUT2D eigenvalue weighted by molar-refractivity contribution is 5.84. The third kappa shape index (κ3) is 1.80. The van der Waals surface area contributed by atoms with Crippen LogP contribution in [0, 0.1) is 0 Å². The molecule has 0 unspecified atom stereocenters.